The molecule has 3 nitrogen and oxygen atoms in total. The molecule has 0 fully saturated rings. The Bertz CT molecular complexity index is 546. The fourth-order valence-electron chi connectivity index (χ4n) is 1.63. The second-order valence-corrected chi connectivity index (χ2v) is 6.81. The highest BCUT2D eigenvalue weighted by Gasteiger charge is 2.46. The summed E-state index contributed by atoms with van der Waals surface area (Å²) in [6.07, 6.45) is 1.68. The maximum atomic E-state index is 12.4. The van der Waals surface area contributed by atoms with E-state index in [2.05, 4.69) is 5.32 Å². The lowest BCUT2D eigenvalue weighted by atomic mass is 9.95. The Morgan fingerprint density at radius 1 is 1.05 bits per heavy atom. The molecule has 0 aliphatic rings. The van der Waals surface area contributed by atoms with Gasteiger partial charge < -0.3 is 5.32 Å². The highest BCUT2D eigenvalue weighted by Crippen LogP contribution is 2.31. The fraction of sp³-hybridized carbons (Fsp3) is 0.538. The van der Waals surface area contributed by atoms with E-state index >= 15 is 0 Å². The normalized spacial score (nSPS) is 13.3. The molecule has 0 radical (unpaired) electrons. The Hall–Kier alpha value is -1.24. The summed E-state index contributed by atoms with van der Waals surface area (Å²) in [5.74, 6) is 0. The van der Waals surface area contributed by atoms with Gasteiger partial charge >= 0.3 is 5.51 Å². The van der Waals surface area contributed by atoms with Gasteiger partial charge in [-0.3, -0.25) is 0 Å². The number of nitrogens with one attached hydrogen (secondary N) is 1. The van der Waals surface area contributed by atoms with Gasteiger partial charge in [-0.05, 0) is 44.0 Å². The summed E-state index contributed by atoms with van der Waals surface area (Å²) in [5.41, 5.74) is -4.86. The van der Waals surface area contributed by atoms with E-state index in [1.165, 1.54) is 12.1 Å². The zero-order valence-electron chi connectivity index (χ0n) is 11.6. The molecular weight excluding hydrogens is 291 g/mol. The van der Waals surface area contributed by atoms with E-state index in [1.807, 2.05) is 20.8 Å². The van der Waals surface area contributed by atoms with Crippen molar-refractivity contribution >= 4 is 15.5 Å². The van der Waals surface area contributed by atoms with Crippen LogP contribution in [0.5, 0.6) is 0 Å². The maximum Gasteiger partial charge on any atom is 0.501 e. The molecule has 0 spiro atoms. The van der Waals surface area contributed by atoms with Crippen molar-refractivity contribution in [2.45, 2.75) is 49.6 Å². The van der Waals surface area contributed by atoms with Crippen molar-refractivity contribution < 1.29 is 21.6 Å². The van der Waals surface area contributed by atoms with E-state index in [1.54, 1.807) is 0 Å². The van der Waals surface area contributed by atoms with E-state index in [0.717, 1.165) is 25.0 Å². The lowest BCUT2D eigenvalue weighted by Crippen LogP contribution is -2.32. The number of anilines is 1. The Morgan fingerprint density at radius 3 is 1.85 bits per heavy atom. The highest BCUT2D eigenvalue weighted by atomic mass is 32.2. The number of hydrogen-bond donors (Lipinski definition) is 1. The smallest absolute Gasteiger partial charge is 0.380 e. The van der Waals surface area contributed by atoms with Gasteiger partial charge in [0.1, 0.15) is 0 Å². The van der Waals surface area contributed by atoms with Gasteiger partial charge in [0.2, 0.25) is 0 Å². The largest absolute Gasteiger partial charge is 0.501 e. The van der Waals surface area contributed by atoms with Gasteiger partial charge in [0.05, 0.1) is 4.90 Å². The minimum Gasteiger partial charge on any atom is -0.380 e. The van der Waals surface area contributed by atoms with Crippen LogP contribution >= 0.6 is 0 Å². The molecule has 0 unspecified atom stereocenters. The second kappa shape index (κ2) is 5.63. The predicted molar refractivity (Wildman–Crippen MR) is 72.3 cm³/mol. The minimum atomic E-state index is -5.28. The van der Waals surface area contributed by atoms with Crippen molar-refractivity contribution in [3.63, 3.8) is 0 Å². The van der Waals surface area contributed by atoms with Crippen LogP contribution in [-0.2, 0) is 9.84 Å². The molecule has 1 aromatic rings. The lowest BCUT2D eigenvalue weighted by molar-refractivity contribution is -0.0436. The topological polar surface area (TPSA) is 46.2 Å². The zero-order valence-corrected chi connectivity index (χ0v) is 12.4. The third-order valence-electron chi connectivity index (χ3n) is 3.48. The van der Waals surface area contributed by atoms with Gasteiger partial charge in [-0.25, -0.2) is 8.42 Å². The monoisotopic (exact) mass is 309 g/mol. The van der Waals surface area contributed by atoms with Crippen molar-refractivity contribution in [2.75, 3.05) is 5.32 Å². The molecule has 1 aromatic carbocycles. The summed E-state index contributed by atoms with van der Waals surface area (Å²) < 4.78 is 59.6. The van der Waals surface area contributed by atoms with Gasteiger partial charge in [0, 0.05) is 11.2 Å². The summed E-state index contributed by atoms with van der Waals surface area (Å²) in [6.45, 7) is 5.99. The molecule has 0 atom stereocenters. The molecule has 0 saturated heterocycles. The number of benzene rings is 1. The predicted octanol–water partition coefficient (Wildman–Crippen LogP) is 3.97. The van der Waals surface area contributed by atoms with Gasteiger partial charge in [-0.1, -0.05) is 13.8 Å². The Morgan fingerprint density at radius 2 is 1.50 bits per heavy atom. The van der Waals surface area contributed by atoms with Crippen LogP contribution in [0, 0.1) is 0 Å². The second-order valence-electron chi connectivity index (χ2n) is 4.87. The van der Waals surface area contributed by atoms with E-state index in [9.17, 15) is 21.6 Å². The summed E-state index contributed by atoms with van der Waals surface area (Å²) in [5, 5.41) is 3.20. The molecular formula is C13H18F3NO2S. The van der Waals surface area contributed by atoms with Crippen LogP contribution in [0.3, 0.4) is 0 Å². The van der Waals surface area contributed by atoms with Gasteiger partial charge in [-0.15, -0.1) is 0 Å². The first kappa shape index (κ1) is 16.8. The van der Waals surface area contributed by atoms with Crippen molar-refractivity contribution in [2.24, 2.45) is 0 Å². The van der Waals surface area contributed by atoms with Crippen LogP contribution in [0.4, 0.5) is 18.9 Å². The van der Waals surface area contributed by atoms with E-state index in [0.29, 0.717) is 5.69 Å². The quantitative estimate of drug-likeness (QED) is 0.895. The minimum absolute atomic E-state index is 0.176. The molecule has 1 N–H and O–H groups in total. The van der Waals surface area contributed by atoms with Crippen LogP contribution in [0.1, 0.15) is 33.6 Å². The van der Waals surface area contributed by atoms with Crippen molar-refractivity contribution in [3.8, 4) is 0 Å². The molecule has 0 heterocycles. The fourth-order valence-corrected chi connectivity index (χ4v) is 2.39. The van der Waals surface area contributed by atoms with Crippen LogP contribution in [0.25, 0.3) is 0 Å². The van der Waals surface area contributed by atoms with Crippen LogP contribution in [-0.4, -0.2) is 19.5 Å². The molecule has 0 aliphatic carbocycles. The number of rotatable bonds is 5. The Kier molecular flexibility index (Phi) is 4.74. The average Bonchev–Trinajstić information content (AvgIpc) is 2.38. The van der Waals surface area contributed by atoms with Gasteiger partial charge in [0.25, 0.3) is 9.84 Å². The maximum absolute atomic E-state index is 12.4. The summed E-state index contributed by atoms with van der Waals surface area (Å²) in [4.78, 5) is -0.745. The SMILES string of the molecule is CCC(C)(CC)Nc1ccc(S(=O)(=O)C(F)(F)F)cc1. The van der Waals surface area contributed by atoms with Crippen molar-refractivity contribution in [1.82, 2.24) is 0 Å². The first-order valence-electron chi connectivity index (χ1n) is 6.25. The van der Waals surface area contributed by atoms with Crippen molar-refractivity contribution in [3.05, 3.63) is 24.3 Å². The van der Waals surface area contributed by atoms with E-state index in [4.69, 9.17) is 0 Å². The molecule has 0 saturated carbocycles. The van der Waals surface area contributed by atoms with Crippen LogP contribution in [0.2, 0.25) is 0 Å². The number of hydrogen-bond acceptors (Lipinski definition) is 3. The third-order valence-corrected chi connectivity index (χ3v) is 4.98. The van der Waals surface area contributed by atoms with Crippen LogP contribution in [0.15, 0.2) is 29.2 Å². The Labute approximate surface area is 117 Å². The van der Waals surface area contributed by atoms with E-state index in [-0.39, 0.29) is 5.54 Å². The number of alkyl halides is 3. The third kappa shape index (κ3) is 3.45. The number of sulfone groups is 1. The van der Waals surface area contributed by atoms with Crippen LogP contribution < -0.4 is 5.32 Å². The summed E-state index contributed by atoms with van der Waals surface area (Å²) >= 11 is 0. The first-order valence-corrected chi connectivity index (χ1v) is 7.73. The van der Waals surface area contributed by atoms with E-state index < -0.39 is 20.2 Å². The summed E-state index contributed by atoms with van der Waals surface area (Å²) in [6, 6.07) is 4.64. The standard InChI is InChI=1S/C13H18F3NO2S/c1-4-12(3,5-2)17-10-6-8-11(9-7-10)20(18,19)13(14,15)16/h6-9,17H,4-5H2,1-3H3. The molecule has 0 bridgehead atoms. The molecule has 0 aromatic heterocycles. The number of halogens is 3. The zero-order chi connectivity index (χ0) is 15.6. The van der Waals surface area contributed by atoms with Gasteiger partial charge in [-0.2, -0.15) is 13.2 Å². The molecule has 20 heavy (non-hydrogen) atoms. The van der Waals surface area contributed by atoms with Gasteiger partial charge in [0.15, 0.2) is 0 Å². The Balaban J connectivity index is 3.02. The first-order chi connectivity index (χ1) is 9.05. The van der Waals surface area contributed by atoms with Crippen molar-refractivity contribution in [1.29, 1.82) is 0 Å². The lowest BCUT2D eigenvalue weighted by Gasteiger charge is -2.29. The molecule has 1 rings (SSSR count). The molecule has 114 valence electrons. The molecule has 7 heteroatoms. The average molecular weight is 309 g/mol. The summed E-state index contributed by atoms with van der Waals surface area (Å²) in [7, 11) is -5.28. The highest BCUT2D eigenvalue weighted by molar-refractivity contribution is 7.92. The molecule has 0 amide bonds. The molecule has 0 aliphatic heterocycles.